The van der Waals surface area contributed by atoms with Crippen LogP contribution in [0, 0.1) is 0 Å². The van der Waals surface area contributed by atoms with Crippen molar-refractivity contribution < 1.29 is 9.46 Å². The standard InChI is InChI=1S/C23H37N4O5P/c1-2-3-4-5-6-7-8-9-10-11-12-13-14-15-16-17-18-26-21(28)19-20(25-22(29)24-19)27(23(26)30)33(31)32/h9-10H,2-8,11-18H2,1H3,(H2,24,25,29)/b10-9-. The summed E-state index contributed by atoms with van der Waals surface area (Å²) < 4.78 is 12.8. The van der Waals surface area contributed by atoms with E-state index < -0.39 is 25.1 Å². The summed E-state index contributed by atoms with van der Waals surface area (Å²) in [4.78, 5) is 52.3. The van der Waals surface area contributed by atoms with Crippen molar-refractivity contribution in [3.8, 4) is 0 Å². The van der Waals surface area contributed by atoms with Crippen LogP contribution < -0.4 is 21.8 Å². The molecule has 0 spiro atoms. The number of hydrogen-bond acceptors (Lipinski definition) is 5. The van der Waals surface area contributed by atoms with Gasteiger partial charge in [0.2, 0.25) is 0 Å². The molecule has 0 aliphatic rings. The molecule has 1 unspecified atom stereocenters. The molecule has 9 nitrogen and oxygen atoms in total. The van der Waals surface area contributed by atoms with Crippen LogP contribution >= 0.6 is 8.18 Å². The third-order valence-electron chi connectivity index (χ3n) is 5.85. The van der Waals surface area contributed by atoms with E-state index in [-0.39, 0.29) is 17.7 Å². The Morgan fingerprint density at radius 1 is 0.818 bits per heavy atom. The molecule has 2 heterocycles. The topological polar surface area (TPSA) is 133 Å². The molecule has 0 fully saturated rings. The average molecular weight is 481 g/mol. The van der Waals surface area contributed by atoms with Crippen LogP contribution in [0.25, 0.3) is 11.2 Å². The molecule has 0 saturated heterocycles. The van der Waals surface area contributed by atoms with Gasteiger partial charge in [-0.2, -0.15) is 0 Å². The number of aromatic amines is 2. The van der Waals surface area contributed by atoms with Crippen molar-refractivity contribution >= 4 is 19.3 Å². The summed E-state index contributed by atoms with van der Waals surface area (Å²) in [6.45, 7) is 2.35. The Labute approximate surface area is 194 Å². The first kappa shape index (κ1) is 27.0. The lowest BCUT2D eigenvalue weighted by molar-refractivity contribution is -0.167. The molecule has 0 aromatic carbocycles. The SMILES string of the molecule is CCCCCCCC/C=C\CCCCCCCCn1c(=O)c2[nH]c(=O)[nH]c2n([P+](=O)[O-])c1=O. The number of rotatable bonds is 17. The van der Waals surface area contributed by atoms with Gasteiger partial charge in [-0.15, -0.1) is 0 Å². The minimum absolute atomic E-state index is 0.116. The highest BCUT2D eigenvalue weighted by atomic mass is 31.1. The summed E-state index contributed by atoms with van der Waals surface area (Å²) in [6.07, 6.45) is 20.6. The van der Waals surface area contributed by atoms with Gasteiger partial charge in [0, 0.05) is 6.54 Å². The second-order valence-corrected chi connectivity index (χ2v) is 9.41. The number of H-pyrrole nitrogens is 2. The number of aromatic nitrogens is 4. The highest BCUT2D eigenvalue weighted by Crippen LogP contribution is 2.14. The van der Waals surface area contributed by atoms with Crippen LogP contribution in [-0.2, 0) is 11.1 Å². The Bertz CT molecular complexity index is 1080. The largest absolute Gasteiger partial charge is 0.572 e. The molecule has 0 radical (unpaired) electrons. The van der Waals surface area contributed by atoms with Crippen molar-refractivity contribution in [2.45, 2.75) is 103 Å². The van der Waals surface area contributed by atoms with E-state index in [1.54, 1.807) is 0 Å². The fourth-order valence-electron chi connectivity index (χ4n) is 3.99. The second kappa shape index (κ2) is 14.8. The minimum Gasteiger partial charge on any atom is -0.572 e. The Morgan fingerprint density at radius 2 is 1.36 bits per heavy atom. The van der Waals surface area contributed by atoms with E-state index >= 15 is 0 Å². The van der Waals surface area contributed by atoms with Crippen LogP contribution in [0.5, 0.6) is 0 Å². The maximum atomic E-state index is 12.5. The van der Waals surface area contributed by atoms with Gasteiger partial charge in [-0.3, -0.25) is 19.3 Å². The number of allylic oxidation sites excluding steroid dienone is 2. The van der Waals surface area contributed by atoms with E-state index in [9.17, 15) is 23.8 Å². The van der Waals surface area contributed by atoms with Gasteiger partial charge in [0.05, 0.1) is 0 Å². The summed E-state index contributed by atoms with van der Waals surface area (Å²) in [7, 11) is -3.32. The number of nitrogens with one attached hydrogen (secondary N) is 2. The first-order chi connectivity index (χ1) is 16.0. The summed E-state index contributed by atoms with van der Waals surface area (Å²) in [5.74, 6) is 0. The second-order valence-electron chi connectivity index (χ2n) is 8.53. The molecular formula is C23H37N4O5P. The third-order valence-corrected chi connectivity index (χ3v) is 6.54. The van der Waals surface area contributed by atoms with E-state index in [1.165, 1.54) is 44.9 Å². The molecule has 33 heavy (non-hydrogen) atoms. The summed E-state index contributed by atoms with van der Waals surface area (Å²) in [5, 5.41) is 0. The zero-order chi connectivity index (χ0) is 24.1. The molecule has 2 N–H and O–H groups in total. The highest BCUT2D eigenvalue weighted by molar-refractivity contribution is 7.34. The summed E-state index contributed by atoms with van der Waals surface area (Å²) in [5.41, 5.74) is -2.89. The predicted octanol–water partition coefficient (Wildman–Crippen LogP) is 4.08. The Balaban J connectivity index is 1.65. The van der Waals surface area contributed by atoms with Crippen LogP contribution in [0.4, 0.5) is 0 Å². The van der Waals surface area contributed by atoms with Crippen molar-refractivity contribution in [2.24, 2.45) is 0 Å². The number of hydrogen-bond donors (Lipinski definition) is 2. The Kier molecular flexibility index (Phi) is 12.1. The van der Waals surface area contributed by atoms with E-state index in [0.717, 1.165) is 43.1 Å². The lowest BCUT2D eigenvalue weighted by Crippen LogP contribution is -2.39. The molecule has 1 atom stereocenters. The molecule has 0 aliphatic heterocycles. The van der Waals surface area contributed by atoms with Crippen molar-refractivity contribution in [1.29, 1.82) is 0 Å². The fourth-order valence-corrected chi connectivity index (χ4v) is 4.55. The number of unbranched alkanes of at least 4 members (excludes halogenated alkanes) is 12. The van der Waals surface area contributed by atoms with Gasteiger partial charge in [0.25, 0.3) is 5.56 Å². The number of nitrogens with zero attached hydrogens (tertiary/aromatic N) is 2. The van der Waals surface area contributed by atoms with Crippen LogP contribution in [0.1, 0.15) is 96.8 Å². The number of fused-ring (bicyclic) bond motifs is 1. The lowest BCUT2D eigenvalue weighted by atomic mass is 10.1. The van der Waals surface area contributed by atoms with Gasteiger partial charge in [0.1, 0.15) is 0 Å². The maximum Gasteiger partial charge on any atom is 0.451 e. The molecule has 2 rings (SSSR count). The van der Waals surface area contributed by atoms with Crippen molar-refractivity contribution in [3.63, 3.8) is 0 Å². The minimum atomic E-state index is -3.32. The predicted molar refractivity (Wildman–Crippen MR) is 130 cm³/mol. The van der Waals surface area contributed by atoms with Gasteiger partial charge in [-0.25, -0.2) is 9.59 Å². The molecule has 184 valence electrons. The van der Waals surface area contributed by atoms with Gasteiger partial charge in [-0.05, 0) is 36.7 Å². The fraction of sp³-hybridized carbons (Fsp3) is 0.696. The Hall–Kier alpha value is -2.25. The van der Waals surface area contributed by atoms with Gasteiger partial charge in [-0.1, -0.05) is 81.2 Å². The molecular weight excluding hydrogens is 443 g/mol. The van der Waals surface area contributed by atoms with Crippen LogP contribution in [0.15, 0.2) is 26.5 Å². The molecule has 0 saturated carbocycles. The number of imidazole rings is 1. The molecule has 0 amide bonds. The zero-order valence-corrected chi connectivity index (χ0v) is 20.5. The maximum absolute atomic E-state index is 12.5. The van der Waals surface area contributed by atoms with Crippen LogP contribution in [-0.4, -0.2) is 18.9 Å². The third kappa shape index (κ3) is 8.55. The van der Waals surface area contributed by atoms with E-state index in [4.69, 9.17) is 0 Å². The molecule has 0 aliphatic carbocycles. The average Bonchev–Trinajstić information content (AvgIpc) is 3.16. The first-order valence-electron chi connectivity index (χ1n) is 12.2. The normalized spacial score (nSPS) is 12.2. The van der Waals surface area contributed by atoms with E-state index in [0.29, 0.717) is 10.8 Å². The molecule has 2 aromatic rings. The quantitative estimate of drug-likeness (QED) is 0.200. The summed E-state index contributed by atoms with van der Waals surface area (Å²) in [6, 6.07) is 0. The van der Waals surface area contributed by atoms with Gasteiger partial charge < -0.3 is 4.89 Å². The molecule has 2 aromatic heterocycles. The van der Waals surface area contributed by atoms with Crippen molar-refractivity contribution in [1.82, 2.24) is 18.9 Å². The van der Waals surface area contributed by atoms with Crippen molar-refractivity contribution in [3.05, 3.63) is 43.5 Å². The van der Waals surface area contributed by atoms with E-state index in [1.807, 2.05) is 0 Å². The van der Waals surface area contributed by atoms with Crippen LogP contribution in [0.2, 0.25) is 0 Å². The zero-order valence-electron chi connectivity index (χ0n) is 19.6. The van der Waals surface area contributed by atoms with E-state index in [2.05, 4.69) is 29.0 Å². The molecule has 10 heteroatoms. The lowest BCUT2D eigenvalue weighted by Gasteiger charge is -2.06. The van der Waals surface area contributed by atoms with Gasteiger partial charge in [0.15, 0.2) is 11.2 Å². The van der Waals surface area contributed by atoms with Crippen LogP contribution in [0.3, 0.4) is 0 Å². The highest BCUT2D eigenvalue weighted by Gasteiger charge is 2.22. The molecule has 0 bridgehead atoms. The Morgan fingerprint density at radius 3 is 1.94 bits per heavy atom. The summed E-state index contributed by atoms with van der Waals surface area (Å²) >= 11 is 0. The first-order valence-corrected chi connectivity index (χ1v) is 13.4. The van der Waals surface area contributed by atoms with Gasteiger partial charge >= 0.3 is 19.6 Å². The van der Waals surface area contributed by atoms with Crippen molar-refractivity contribution in [2.75, 3.05) is 0 Å². The smallest absolute Gasteiger partial charge is 0.451 e. The monoisotopic (exact) mass is 480 g/mol.